The van der Waals surface area contributed by atoms with Gasteiger partial charge in [0.15, 0.2) is 29.3 Å². The minimum atomic E-state index is -1.56. The van der Waals surface area contributed by atoms with Crippen molar-refractivity contribution in [2.45, 2.75) is 43.9 Å². The van der Waals surface area contributed by atoms with E-state index in [9.17, 15) is 15.0 Å². The fraction of sp³-hybridized carbons (Fsp3) is 0.368. The van der Waals surface area contributed by atoms with Gasteiger partial charge >= 0.3 is 5.97 Å². The molecule has 1 aliphatic rings. The van der Waals surface area contributed by atoms with E-state index in [1.807, 2.05) is 37.3 Å². The minimum Gasteiger partial charge on any atom is -0.479 e. The van der Waals surface area contributed by atoms with Gasteiger partial charge in [-0.1, -0.05) is 30.3 Å². The molecule has 152 valence electrons. The van der Waals surface area contributed by atoms with Gasteiger partial charge in [-0.2, -0.15) is 0 Å². The van der Waals surface area contributed by atoms with Gasteiger partial charge in [-0.3, -0.25) is 4.57 Å². The van der Waals surface area contributed by atoms with Gasteiger partial charge in [0.2, 0.25) is 0 Å². The summed E-state index contributed by atoms with van der Waals surface area (Å²) < 4.78 is 6.75. The van der Waals surface area contributed by atoms with Crippen molar-refractivity contribution < 1.29 is 24.9 Å². The van der Waals surface area contributed by atoms with E-state index in [1.165, 1.54) is 22.8 Å². The molecule has 10 heteroatoms. The summed E-state index contributed by atoms with van der Waals surface area (Å²) in [4.78, 5) is 24.0. The molecular formula is C19H21N5O5. The number of hydrogen-bond donors (Lipinski definition) is 4. The van der Waals surface area contributed by atoms with E-state index >= 15 is 0 Å². The van der Waals surface area contributed by atoms with Crippen LogP contribution in [0.1, 0.15) is 18.7 Å². The van der Waals surface area contributed by atoms with E-state index < -0.39 is 30.5 Å². The predicted octanol–water partition coefficient (Wildman–Crippen LogP) is 0.573. The number of anilines is 1. The minimum absolute atomic E-state index is 0.0622. The van der Waals surface area contributed by atoms with Gasteiger partial charge in [0, 0.05) is 6.04 Å². The number of fused-ring (bicyclic) bond motifs is 1. The largest absolute Gasteiger partial charge is 0.479 e. The summed E-state index contributed by atoms with van der Waals surface area (Å²) in [5, 5.41) is 32.6. The Morgan fingerprint density at radius 1 is 1.21 bits per heavy atom. The fourth-order valence-electron chi connectivity index (χ4n) is 3.49. The number of aliphatic hydroxyl groups is 2. The number of rotatable bonds is 6. The summed E-state index contributed by atoms with van der Waals surface area (Å²) in [6.07, 6.45) is -2.12. The lowest BCUT2D eigenvalue weighted by atomic mass is 10.1. The smallest absolute Gasteiger partial charge is 0.335 e. The Labute approximate surface area is 165 Å². The van der Waals surface area contributed by atoms with Gasteiger partial charge < -0.3 is 25.4 Å². The molecule has 0 aliphatic carbocycles. The number of carboxylic acids is 1. The third-order valence-electron chi connectivity index (χ3n) is 4.88. The summed E-state index contributed by atoms with van der Waals surface area (Å²) in [6, 6.07) is 10.1. The van der Waals surface area contributed by atoms with E-state index in [0.717, 1.165) is 6.42 Å². The van der Waals surface area contributed by atoms with Crippen molar-refractivity contribution in [3.8, 4) is 0 Å². The number of aliphatic hydroxyl groups excluding tert-OH is 2. The average Bonchev–Trinajstić information content (AvgIpc) is 3.25. The van der Waals surface area contributed by atoms with Crippen molar-refractivity contribution >= 4 is 23.0 Å². The van der Waals surface area contributed by atoms with Crippen LogP contribution in [0.5, 0.6) is 0 Å². The number of aliphatic carboxylic acids is 1. The molecule has 3 aromatic rings. The van der Waals surface area contributed by atoms with Crippen LogP contribution in [0, 0.1) is 0 Å². The number of carboxylic acid groups (broad SMARTS) is 1. The van der Waals surface area contributed by atoms with E-state index in [1.54, 1.807) is 0 Å². The standard InChI is InChI=1S/C19H21N5O5/c1-10(7-11-5-3-2-4-6-11)23-16-12-17(21-8-20-16)24(9-22-12)18-14(26)13(25)15(29-18)19(27)28/h2-6,8-10,13-15,18,25-26H,7H2,1H3,(H,27,28)(H,20,21,23)/t10-,13-,14+,15-,18+/m0/s1. The number of nitrogens with zero attached hydrogens (tertiary/aromatic N) is 4. The van der Waals surface area contributed by atoms with Crippen LogP contribution in [-0.4, -0.2) is 65.2 Å². The highest BCUT2D eigenvalue weighted by Gasteiger charge is 2.48. The Morgan fingerprint density at radius 3 is 2.66 bits per heavy atom. The maximum absolute atomic E-state index is 11.2. The zero-order valence-electron chi connectivity index (χ0n) is 15.6. The monoisotopic (exact) mass is 399 g/mol. The first-order valence-corrected chi connectivity index (χ1v) is 9.18. The van der Waals surface area contributed by atoms with E-state index in [4.69, 9.17) is 9.84 Å². The number of carbonyl (C=O) groups is 1. The van der Waals surface area contributed by atoms with Crippen LogP contribution < -0.4 is 5.32 Å². The number of ether oxygens (including phenoxy) is 1. The molecule has 1 aliphatic heterocycles. The highest BCUT2D eigenvalue weighted by atomic mass is 16.6. The van der Waals surface area contributed by atoms with Crippen LogP contribution in [0.4, 0.5) is 5.82 Å². The number of nitrogens with one attached hydrogen (secondary N) is 1. The molecule has 1 aromatic carbocycles. The normalized spacial score (nSPS) is 25.2. The molecule has 4 N–H and O–H groups in total. The molecule has 10 nitrogen and oxygen atoms in total. The number of imidazole rings is 1. The third kappa shape index (κ3) is 3.65. The van der Waals surface area contributed by atoms with Crippen molar-refractivity contribution in [1.82, 2.24) is 19.5 Å². The quantitative estimate of drug-likeness (QED) is 0.468. The maximum Gasteiger partial charge on any atom is 0.335 e. The predicted molar refractivity (Wildman–Crippen MR) is 102 cm³/mol. The third-order valence-corrected chi connectivity index (χ3v) is 4.88. The van der Waals surface area contributed by atoms with Gasteiger partial charge in [0.25, 0.3) is 0 Å². The van der Waals surface area contributed by atoms with E-state index in [2.05, 4.69) is 20.3 Å². The molecule has 0 spiro atoms. The van der Waals surface area contributed by atoms with Gasteiger partial charge in [-0.15, -0.1) is 0 Å². The lowest BCUT2D eigenvalue weighted by molar-refractivity contribution is -0.155. The Bertz CT molecular complexity index is 1010. The van der Waals surface area contributed by atoms with Gasteiger partial charge in [0.05, 0.1) is 6.33 Å². The molecule has 4 rings (SSSR count). The molecule has 0 radical (unpaired) electrons. The van der Waals surface area contributed by atoms with Crippen LogP contribution >= 0.6 is 0 Å². The molecule has 5 atom stereocenters. The summed E-state index contributed by atoms with van der Waals surface area (Å²) >= 11 is 0. The van der Waals surface area contributed by atoms with Gasteiger partial charge in [-0.05, 0) is 18.9 Å². The molecule has 0 saturated carbocycles. The van der Waals surface area contributed by atoms with E-state index in [0.29, 0.717) is 17.0 Å². The zero-order chi connectivity index (χ0) is 20.5. The van der Waals surface area contributed by atoms with Crippen LogP contribution in [0.25, 0.3) is 11.2 Å². The lowest BCUT2D eigenvalue weighted by Crippen LogP contribution is -2.35. The highest BCUT2D eigenvalue weighted by molar-refractivity contribution is 5.83. The average molecular weight is 399 g/mol. The molecule has 3 heterocycles. The SMILES string of the molecule is C[C@@H](Cc1ccccc1)Nc1ncnc2c1ncn2[C@@H]1O[C@H](C(=O)O)[C@@H](O)[C@H]1O. The molecule has 2 aromatic heterocycles. The molecule has 1 fully saturated rings. The highest BCUT2D eigenvalue weighted by Crippen LogP contribution is 2.32. The van der Waals surface area contributed by atoms with Gasteiger partial charge in [0.1, 0.15) is 18.5 Å². The molecule has 0 bridgehead atoms. The Morgan fingerprint density at radius 2 is 1.97 bits per heavy atom. The van der Waals surface area contributed by atoms with Gasteiger partial charge in [-0.25, -0.2) is 19.7 Å². The first-order chi connectivity index (χ1) is 14.0. The maximum atomic E-state index is 11.2. The molecule has 0 amide bonds. The fourth-order valence-corrected chi connectivity index (χ4v) is 3.49. The second-order valence-corrected chi connectivity index (χ2v) is 7.05. The first-order valence-electron chi connectivity index (χ1n) is 9.18. The first kappa shape index (κ1) is 19.2. The second kappa shape index (κ2) is 7.74. The number of benzene rings is 1. The van der Waals surface area contributed by atoms with Crippen molar-refractivity contribution in [3.63, 3.8) is 0 Å². The summed E-state index contributed by atoms with van der Waals surface area (Å²) in [5.74, 6) is -0.838. The summed E-state index contributed by atoms with van der Waals surface area (Å²) in [6.45, 7) is 2.02. The van der Waals surface area contributed by atoms with Crippen molar-refractivity contribution in [3.05, 3.63) is 48.5 Å². The Kier molecular flexibility index (Phi) is 5.14. The summed E-state index contributed by atoms with van der Waals surface area (Å²) in [5.41, 5.74) is 1.99. The molecule has 29 heavy (non-hydrogen) atoms. The van der Waals surface area contributed by atoms with Crippen LogP contribution in [-0.2, 0) is 16.0 Å². The molecule has 0 unspecified atom stereocenters. The van der Waals surface area contributed by atoms with Crippen LogP contribution in [0.15, 0.2) is 43.0 Å². The van der Waals surface area contributed by atoms with Crippen LogP contribution in [0.2, 0.25) is 0 Å². The Hall–Kier alpha value is -3.08. The zero-order valence-corrected chi connectivity index (χ0v) is 15.6. The lowest BCUT2D eigenvalue weighted by Gasteiger charge is -2.17. The molecular weight excluding hydrogens is 378 g/mol. The van der Waals surface area contributed by atoms with Crippen molar-refractivity contribution in [2.75, 3.05) is 5.32 Å². The van der Waals surface area contributed by atoms with Crippen LogP contribution in [0.3, 0.4) is 0 Å². The van der Waals surface area contributed by atoms with Crippen molar-refractivity contribution in [1.29, 1.82) is 0 Å². The van der Waals surface area contributed by atoms with Crippen molar-refractivity contribution in [2.24, 2.45) is 0 Å². The Balaban J connectivity index is 1.58. The van der Waals surface area contributed by atoms with E-state index in [-0.39, 0.29) is 6.04 Å². The second-order valence-electron chi connectivity index (χ2n) is 7.05. The molecule has 1 saturated heterocycles. The topological polar surface area (TPSA) is 143 Å². The summed E-state index contributed by atoms with van der Waals surface area (Å²) in [7, 11) is 0. The number of aromatic nitrogens is 4. The number of hydrogen-bond acceptors (Lipinski definition) is 8.